The molecule has 26 heavy (non-hydrogen) atoms. The summed E-state index contributed by atoms with van der Waals surface area (Å²) in [6, 6.07) is 12.5. The predicted octanol–water partition coefficient (Wildman–Crippen LogP) is 3.35. The summed E-state index contributed by atoms with van der Waals surface area (Å²) in [5.41, 5.74) is 11.8. The van der Waals surface area contributed by atoms with Crippen molar-refractivity contribution in [3.05, 3.63) is 71.3 Å². The predicted molar refractivity (Wildman–Crippen MR) is 98.7 cm³/mol. The summed E-state index contributed by atoms with van der Waals surface area (Å²) in [6.45, 7) is 0. The van der Waals surface area contributed by atoms with Crippen LogP contribution in [0.15, 0.2) is 54.9 Å². The van der Waals surface area contributed by atoms with Crippen LogP contribution < -0.4 is 21.9 Å². The molecule has 0 saturated heterocycles. The van der Waals surface area contributed by atoms with E-state index in [1.165, 1.54) is 12.4 Å². The molecular weight excluding hydrogens is 359 g/mol. The van der Waals surface area contributed by atoms with Gasteiger partial charge in [-0.1, -0.05) is 23.7 Å². The van der Waals surface area contributed by atoms with E-state index in [4.69, 9.17) is 17.3 Å². The Morgan fingerprint density at radius 3 is 2.46 bits per heavy atom. The molecule has 0 aliphatic heterocycles. The number of carbonyl (C=O) groups excluding carboxylic acids is 1. The molecule has 2 aromatic carbocycles. The smallest absolute Gasteiger partial charge is 0.269 e. The average molecular weight is 373 g/mol. The number of nitrogens with two attached hydrogens (primary N) is 1. The lowest BCUT2D eigenvalue weighted by molar-refractivity contribution is 0.0962. The largest absolute Gasteiger partial charge is 0.393 e. The summed E-state index contributed by atoms with van der Waals surface area (Å²) in [7, 11) is 0. The lowest BCUT2D eigenvalue weighted by atomic mass is 10.2. The number of aromatic nitrogens is 2. The van der Waals surface area contributed by atoms with Crippen LogP contribution in [0.3, 0.4) is 0 Å². The molecule has 0 radical (unpaired) electrons. The van der Waals surface area contributed by atoms with Crippen molar-refractivity contribution in [1.82, 2.24) is 15.4 Å². The van der Waals surface area contributed by atoms with Crippen LogP contribution in [0.2, 0.25) is 5.02 Å². The molecule has 0 aliphatic rings. The first-order valence-electron chi connectivity index (χ1n) is 7.48. The molecule has 0 saturated carbocycles. The minimum Gasteiger partial charge on any atom is -0.393 e. The van der Waals surface area contributed by atoms with Gasteiger partial charge < -0.3 is 11.1 Å². The number of hydrogen-bond donors (Lipinski definition) is 4. The highest BCUT2D eigenvalue weighted by atomic mass is 35.5. The Morgan fingerprint density at radius 2 is 1.73 bits per heavy atom. The van der Waals surface area contributed by atoms with Crippen LogP contribution >= 0.6 is 11.6 Å². The van der Waals surface area contributed by atoms with Gasteiger partial charge in [0.25, 0.3) is 5.91 Å². The molecule has 0 bridgehead atoms. The second kappa shape index (κ2) is 7.66. The fourth-order valence-electron chi connectivity index (χ4n) is 2.07. The van der Waals surface area contributed by atoms with E-state index in [1.54, 1.807) is 42.5 Å². The second-order valence-electron chi connectivity index (χ2n) is 5.18. The number of nitrogens with zero attached hydrogens (tertiary/aromatic N) is 2. The zero-order chi connectivity index (χ0) is 18.5. The van der Waals surface area contributed by atoms with Gasteiger partial charge in [-0.25, -0.2) is 14.4 Å². The normalized spacial score (nSPS) is 10.2. The quantitative estimate of drug-likeness (QED) is 0.512. The molecule has 1 heterocycles. The Hall–Kier alpha value is -3.39. The summed E-state index contributed by atoms with van der Waals surface area (Å²) >= 11 is 5.79. The molecule has 9 heteroatoms. The zero-order valence-corrected chi connectivity index (χ0v) is 14.1. The number of hydrogen-bond acceptors (Lipinski definition) is 6. The molecule has 1 aromatic heterocycles. The summed E-state index contributed by atoms with van der Waals surface area (Å²) in [6.07, 6.45) is 1.23. The number of nitrogens with one attached hydrogen (secondary N) is 3. The van der Waals surface area contributed by atoms with Gasteiger partial charge in [0.15, 0.2) is 11.6 Å². The van der Waals surface area contributed by atoms with E-state index in [0.717, 1.165) is 0 Å². The van der Waals surface area contributed by atoms with Crippen molar-refractivity contribution in [2.75, 3.05) is 16.5 Å². The highest BCUT2D eigenvalue weighted by Crippen LogP contribution is 2.26. The fraction of sp³-hybridized carbons (Fsp3) is 0. The number of benzene rings is 2. The number of amides is 1. The standard InChI is InChI=1S/C17H14ClFN6O/c18-11-7-5-10(6-8-11)17(26)25-24-16-14(20)15(21-9-22-16)23-13-4-2-1-3-12(13)19/h1-9H,20H2,(H,25,26)(H2,21,22,23,24). The van der Waals surface area contributed by atoms with Gasteiger partial charge in [0, 0.05) is 10.6 Å². The molecule has 132 valence electrons. The Kier molecular flexibility index (Phi) is 5.14. The molecule has 3 rings (SSSR count). The minimum atomic E-state index is -0.448. The highest BCUT2D eigenvalue weighted by Gasteiger charge is 2.11. The summed E-state index contributed by atoms with van der Waals surface area (Å²) in [5, 5.41) is 3.31. The summed E-state index contributed by atoms with van der Waals surface area (Å²) < 4.78 is 13.7. The molecule has 0 atom stereocenters. The number of para-hydroxylation sites is 1. The van der Waals surface area contributed by atoms with Crippen LogP contribution in [0.1, 0.15) is 10.4 Å². The Labute approximate surface area is 153 Å². The number of hydrazine groups is 1. The molecule has 0 fully saturated rings. The first-order valence-corrected chi connectivity index (χ1v) is 7.86. The second-order valence-corrected chi connectivity index (χ2v) is 5.61. The van der Waals surface area contributed by atoms with E-state index in [9.17, 15) is 9.18 Å². The number of anilines is 4. The number of halogens is 2. The summed E-state index contributed by atoms with van der Waals surface area (Å²) in [4.78, 5) is 20.1. The van der Waals surface area contributed by atoms with Crippen LogP contribution in [-0.4, -0.2) is 15.9 Å². The van der Waals surface area contributed by atoms with Crippen LogP contribution in [-0.2, 0) is 0 Å². The number of carbonyl (C=O) groups is 1. The van der Waals surface area contributed by atoms with Gasteiger partial charge in [0.05, 0.1) is 5.69 Å². The molecular formula is C17H14ClFN6O. The van der Waals surface area contributed by atoms with Gasteiger partial charge >= 0.3 is 0 Å². The van der Waals surface area contributed by atoms with E-state index in [2.05, 4.69) is 26.1 Å². The third kappa shape index (κ3) is 3.98. The van der Waals surface area contributed by atoms with Crippen molar-refractivity contribution in [2.24, 2.45) is 0 Å². The van der Waals surface area contributed by atoms with Crippen LogP contribution in [0.4, 0.5) is 27.4 Å². The molecule has 7 nitrogen and oxygen atoms in total. The van der Waals surface area contributed by atoms with E-state index >= 15 is 0 Å². The van der Waals surface area contributed by atoms with Crippen molar-refractivity contribution >= 4 is 40.5 Å². The molecule has 1 amide bonds. The third-order valence-corrected chi connectivity index (χ3v) is 3.66. The van der Waals surface area contributed by atoms with Gasteiger partial charge in [0.1, 0.15) is 17.8 Å². The van der Waals surface area contributed by atoms with Crippen LogP contribution in [0.5, 0.6) is 0 Å². The van der Waals surface area contributed by atoms with Gasteiger partial charge in [-0.15, -0.1) is 0 Å². The third-order valence-electron chi connectivity index (χ3n) is 3.41. The Bertz CT molecular complexity index is 935. The first-order chi connectivity index (χ1) is 12.5. The van der Waals surface area contributed by atoms with Crippen molar-refractivity contribution < 1.29 is 9.18 Å². The van der Waals surface area contributed by atoms with Crippen LogP contribution in [0.25, 0.3) is 0 Å². The molecule has 0 unspecified atom stereocenters. The average Bonchev–Trinajstić information content (AvgIpc) is 2.64. The van der Waals surface area contributed by atoms with E-state index in [-0.39, 0.29) is 23.0 Å². The topological polar surface area (TPSA) is 105 Å². The van der Waals surface area contributed by atoms with E-state index in [1.807, 2.05) is 0 Å². The molecule has 0 aliphatic carbocycles. The highest BCUT2D eigenvalue weighted by molar-refractivity contribution is 6.30. The molecule has 5 N–H and O–H groups in total. The maximum atomic E-state index is 13.7. The minimum absolute atomic E-state index is 0.118. The van der Waals surface area contributed by atoms with Crippen molar-refractivity contribution in [2.45, 2.75) is 0 Å². The van der Waals surface area contributed by atoms with E-state index < -0.39 is 11.7 Å². The number of rotatable bonds is 5. The lowest BCUT2D eigenvalue weighted by Crippen LogP contribution is -2.30. The Balaban J connectivity index is 1.72. The van der Waals surface area contributed by atoms with Crippen molar-refractivity contribution in [3.8, 4) is 0 Å². The van der Waals surface area contributed by atoms with Gasteiger partial charge in [0.2, 0.25) is 0 Å². The van der Waals surface area contributed by atoms with Gasteiger partial charge in [-0.3, -0.25) is 15.6 Å². The Morgan fingerprint density at radius 1 is 1.04 bits per heavy atom. The zero-order valence-electron chi connectivity index (χ0n) is 13.3. The van der Waals surface area contributed by atoms with E-state index in [0.29, 0.717) is 10.6 Å². The lowest BCUT2D eigenvalue weighted by Gasteiger charge is -2.13. The SMILES string of the molecule is Nc1c(NNC(=O)c2ccc(Cl)cc2)ncnc1Nc1ccccc1F. The van der Waals surface area contributed by atoms with Gasteiger partial charge in [-0.2, -0.15) is 0 Å². The van der Waals surface area contributed by atoms with Crippen molar-refractivity contribution in [1.29, 1.82) is 0 Å². The summed E-state index contributed by atoms with van der Waals surface area (Å²) in [5.74, 6) is -0.478. The maximum Gasteiger partial charge on any atom is 0.269 e. The van der Waals surface area contributed by atoms with Gasteiger partial charge in [-0.05, 0) is 36.4 Å². The molecule has 0 spiro atoms. The van der Waals surface area contributed by atoms with Crippen molar-refractivity contribution in [3.63, 3.8) is 0 Å². The number of nitrogen functional groups attached to an aromatic ring is 1. The maximum absolute atomic E-state index is 13.7. The molecule has 3 aromatic rings. The van der Waals surface area contributed by atoms with Crippen LogP contribution in [0, 0.1) is 5.82 Å². The fourth-order valence-corrected chi connectivity index (χ4v) is 2.20. The first kappa shape index (κ1) is 17.4. The monoisotopic (exact) mass is 372 g/mol.